The van der Waals surface area contributed by atoms with E-state index in [-0.39, 0.29) is 11.8 Å². The lowest BCUT2D eigenvalue weighted by atomic mass is 9.78. The monoisotopic (exact) mass is 203 g/mol. The van der Waals surface area contributed by atoms with Gasteiger partial charge >= 0.3 is 0 Å². The molecule has 0 bridgehead atoms. The van der Waals surface area contributed by atoms with E-state index in [1.165, 1.54) is 12.8 Å². The Labute approximate surface area is 85.0 Å². The number of halogens is 1. The first kappa shape index (κ1) is 10.8. The topological polar surface area (TPSA) is 29.1 Å². The number of nitrogens with one attached hydrogen (secondary N) is 1. The number of alkyl halides is 1. The highest BCUT2D eigenvalue weighted by molar-refractivity contribution is 6.27. The molecule has 1 rings (SSSR count). The van der Waals surface area contributed by atoms with Crippen LogP contribution in [0, 0.1) is 11.8 Å². The third-order valence-corrected chi connectivity index (χ3v) is 3.42. The van der Waals surface area contributed by atoms with Gasteiger partial charge in [-0.2, -0.15) is 0 Å². The summed E-state index contributed by atoms with van der Waals surface area (Å²) in [4.78, 5) is 11.1. The van der Waals surface area contributed by atoms with Crippen molar-refractivity contribution >= 4 is 17.5 Å². The van der Waals surface area contributed by atoms with Gasteiger partial charge in [-0.15, -0.1) is 11.6 Å². The molecule has 13 heavy (non-hydrogen) atoms. The fourth-order valence-electron chi connectivity index (χ4n) is 2.03. The minimum atomic E-state index is -0.0346. The highest BCUT2D eigenvalue weighted by Crippen LogP contribution is 2.29. The standard InChI is InChI=1S/C10H18ClNO/c1-7-4-3-5-9(8(7)2)12-10(13)6-11/h7-9H,3-6H2,1-2H3,(H,12,13)/t7-,8+,9+/m0/s1. The smallest absolute Gasteiger partial charge is 0.235 e. The van der Waals surface area contributed by atoms with E-state index in [1.54, 1.807) is 0 Å². The molecule has 76 valence electrons. The second-order valence-corrected chi connectivity index (χ2v) is 4.34. The average Bonchev–Trinajstić information content (AvgIpc) is 2.13. The second kappa shape index (κ2) is 4.85. The van der Waals surface area contributed by atoms with Crippen molar-refractivity contribution in [2.75, 3.05) is 5.88 Å². The number of hydrogen-bond donors (Lipinski definition) is 1. The van der Waals surface area contributed by atoms with Gasteiger partial charge in [0.25, 0.3) is 0 Å². The summed E-state index contributed by atoms with van der Waals surface area (Å²) in [5.41, 5.74) is 0. The van der Waals surface area contributed by atoms with Gasteiger partial charge in [0.1, 0.15) is 5.88 Å². The van der Waals surface area contributed by atoms with E-state index in [0.29, 0.717) is 12.0 Å². The maximum absolute atomic E-state index is 11.1. The quantitative estimate of drug-likeness (QED) is 0.685. The highest BCUT2D eigenvalue weighted by atomic mass is 35.5. The van der Waals surface area contributed by atoms with Gasteiger partial charge in [-0.25, -0.2) is 0 Å². The Balaban J connectivity index is 2.43. The first-order valence-corrected chi connectivity index (χ1v) is 5.54. The number of amides is 1. The van der Waals surface area contributed by atoms with Crippen LogP contribution in [0.25, 0.3) is 0 Å². The number of carbonyl (C=O) groups excluding carboxylic acids is 1. The van der Waals surface area contributed by atoms with Gasteiger partial charge in [0.05, 0.1) is 0 Å². The van der Waals surface area contributed by atoms with E-state index in [0.717, 1.165) is 12.3 Å². The molecule has 3 heteroatoms. The molecular formula is C10H18ClNO. The van der Waals surface area contributed by atoms with Gasteiger partial charge in [0, 0.05) is 6.04 Å². The maximum Gasteiger partial charge on any atom is 0.235 e. The van der Waals surface area contributed by atoms with Crippen molar-refractivity contribution in [3.8, 4) is 0 Å². The summed E-state index contributed by atoms with van der Waals surface area (Å²) < 4.78 is 0. The Hall–Kier alpha value is -0.240. The van der Waals surface area contributed by atoms with Crippen molar-refractivity contribution in [3.63, 3.8) is 0 Å². The molecule has 0 radical (unpaired) electrons. The van der Waals surface area contributed by atoms with Gasteiger partial charge in [0.2, 0.25) is 5.91 Å². The largest absolute Gasteiger partial charge is 0.352 e. The van der Waals surface area contributed by atoms with Crippen LogP contribution in [0.2, 0.25) is 0 Å². The zero-order chi connectivity index (χ0) is 9.84. The summed E-state index contributed by atoms with van der Waals surface area (Å²) >= 11 is 5.44. The highest BCUT2D eigenvalue weighted by Gasteiger charge is 2.27. The van der Waals surface area contributed by atoms with Crippen molar-refractivity contribution in [1.82, 2.24) is 5.32 Å². The summed E-state index contributed by atoms with van der Waals surface area (Å²) in [6.45, 7) is 4.46. The van der Waals surface area contributed by atoms with E-state index in [4.69, 9.17) is 11.6 Å². The molecule has 1 aliphatic rings. The number of carbonyl (C=O) groups is 1. The summed E-state index contributed by atoms with van der Waals surface area (Å²) in [5.74, 6) is 1.35. The Morgan fingerprint density at radius 2 is 2.15 bits per heavy atom. The Kier molecular flexibility index (Phi) is 4.04. The van der Waals surface area contributed by atoms with E-state index in [2.05, 4.69) is 19.2 Å². The summed E-state index contributed by atoms with van der Waals surface area (Å²) in [5, 5.41) is 2.98. The van der Waals surface area contributed by atoms with Crippen molar-refractivity contribution in [2.45, 2.75) is 39.2 Å². The van der Waals surface area contributed by atoms with Crippen molar-refractivity contribution in [2.24, 2.45) is 11.8 Å². The molecule has 1 fully saturated rings. The van der Waals surface area contributed by atoms with Crippen LogP contribution < -0.4 is 5.32 Å². The summed E-state index contributed by atoms with van der Waals surface area (Å²) in [7, 11) is 0. The van der Waals surface area contributed by atoms with Crippen LogP contribution in [0.15, 0.2) is 0 Å². The first-order valence-electron chi connectivity index (χ1n) is 5.00. The predicted octanol–water partition coefficient (Wildman–Crippen LogP) is 2.17. The van der Waals surface area contributed by atoms with Gasteiger partial charge in [-0.05, 0) is 18.3 Å². The average molecular weight is 204 g/mol. The minimum absolute atomic E-state index is 0.0346. The van der Waals surface area contributed by atoms with Crippen LogP contribution in [0.4, 0.5) is 0 Å². The van der Waals surface area contributed by atoms with Crippen LogP contribution in [0.1, 0.15) is 33.1 Å². The van der Waals surface area contributed by atoms with E-state index >= 15 is 0 Å². The van der Waals surface area contributed by atoms with Gasteiger partial charge in [-0.3, -0.25) is 4.79 Å². The SMILES string of the molecule is C[C@@H]1[C@@H](C)CCC[C@H]1NC(=O)CCl. The normalized spacial score (nSPS) is 34.2. The molecule has 1 saturated carbocycles. The Morgan fingerprint density at radius 3 is 2.77 bits per heavy atom. The van der Waals surface area contributed by atoms with Crippen LogP contribution in [0.5, 0.6) is 0 Å². The third-order valence-electron chi connectivity index (χ3n) is 3.17. The lowest BCUT2D eigenvalue weighted by Gasteiger charge is -2.34. The third kappa shape index (κ3) is 2.87. The molecule has 0 aromatic rings. The van der Waals surface area contributed by atoms with Crippen LogP contribution in [-0.2, 0) is 4.79 Å². The molecule has 2 nitrogen and oxygen atoms in total. The van der Waals surface area contributed by atoms with Gasteiger partial charge in [0.15, 0.2) is 0 Å². The first-order chi connectivity index (χ1) is 6.15. The molecule has 1 amide bonds. The molecular weight excluding hydrogens is 186 g/mol. The van der Waals surface area contributed by atoms with Gasteiger partial charge < -0.3 is 5.32 Å². The molecule has 0 aromatic carbocycles. The van der Waals surface area contributed by atoms with Crippen LogP contribution in [-0.4, -0.2) is 17.8 Å². The summed E-state index contributed by atoms with van der Waals surface area (Å²) in [6, 6.07) is 0.343. The number of rotatable bonds is 2. The van der Waals surface area contributed by atoms with E-state index < -0.39 is 0 Å². The zero-order valence-corrected chi connectivity index (χ0v) is 9.10. The second-order valence-electron chi connectivity index (χ2n) is 4.07. The maximum atomic E-state index is 11.1. The van der Waals surface area contributed by atoms with E-state index in [1.807, 2.05) is 0 Å². The van der Waals surface area contributed by atoms with Crippen molar-refractivity contribution in [3.05, 3.63) is 0 Å². The molecule has 1 N–H and O–H groups in total. The van der Waals surface area contributed by atoms with Crippen LogP contribution in [0.3, 0.4) is 0 Å². The lowest BCUT2D eigenvalue weighted by molar-refractivity contribution is -0.120. The van der Waals surface area contributed by atoms with Gasteiger partial charge in [-0.1, -0.05) is 26.7 Å². The lowest BCUT2D eigenvalue weighted by Crippen LogP contribution is -2.44. The zero-order valence-electron chi connectivity index (χ0n) is 8.35. The van der Waals surface area contributed by atoms with E-state index in [9.17, 15) is 4.79 Å². The molecule has 0 unspecified atom stereocenters. The minimum Gasteiger partial charge on any atom is -0.352 e. The predicted molar refractivity (Wildman–Crippen MR) is 54.8 cm³/mol. The van der Waals surface area contributed by atoms with Crippen molar-refractivity contribution in [1.29, 1.82) is 0 Å². The molecule has 0 heterocycles. The fraction of sp³-hybridized carbons (Fsp3) is 0.900. The molecule has 0 aliphatic heterocycles. The Bertz CT molecular complexity index is 184. The molecule has 0 spiro atoms. The summed E-state index contributed by atoms with van der Waals surface area (Å²) in [6.07, 6.45) is 3.61. The number of hydrogen-bond acceptors (Lipinski definition) is 1. The Morgan fingerprint density at radius 1 is 1.46 bits per heavy atom. The molecule has 0 aromatic heterocycles. The van der Waals surface area contributed by atoms with Crippen molar-refractivity contribution < 1.29 is 4.79 Å². The fourth-order valence-corrected chi connectivity index (χ4v) is 2.11. The molecule has 3 atom stereocenters. The molecule has 0 saturated heterocycles. The molecule has 1 aliphatic carbocycles. The van der Waals surface area contributed by atoms with Crippen LogP contribution >= 0.6 is 11.6 Å².